The molecule has 0 radical (unpaired) electrons. The number of fused-ring (bicyclic) bond motifs is 2. The summed E-state index contributed by atoms with van der Waals surface area (Å²) in [5.41, 5.74) is 12.5. The highest BCUT2D eigenvalue weighted by molar-refractivity contribution is 5.94. The van der Waals surface area contributed by atoms with Gasteiger partial charge in [0.15, 0.2) is 11.5 Å². The van der Waals surface area contributed by atoms with E-state index in [4.69, 9.17) is 20.7 Å². The molecule has 7 heterocycles. The maximum atomic E-state index is 5.93. The topological polar surface area (TPSA) is 141 Å². The van der Waals surface area contributed by atoms with Crippen molar-refractivity contribution in [3.8, 4) is 22.9 Å². The molecule has 2 aliphatic heterocycles. The molecule has 0 unspecified atom stereocenters. The van der Waals surface area contributed by atoms with Crippen molar-refractivity contribution in [3.63, 3.8) is 0 Å². The molecule has 176 valence electrons. The van der Waals surface area contributed by atoms with E-state index in [1.54, 1.807) is 12.4 Å². The van der Waals surface area contributed by atoms with E-state index in [1.807, 2.05) is 24.5 Å². The second-order valence-corrected chi connectivity index (χ2v) is 9.28. The number of pyridine rings is 2. The third kappa shape index (κ3) is 3.46. The Labute approximate surface area is 200 Å². The molecule has 0 aliphatic carbocycles. The second-order valence-electron chi connectivity index (χ2n) is 9.28. The third-order valence-electron chi connectivity index (χ3n) is 6.82. The number of aromatic nitrogens is 8. The van der Waals surface area contributed by atoms with Gasteiger partial charge in [-0.25, -0.2) is 15.0 Å². The lowest BCUT2D eigenvalue weighted by Gasteiger charge is -2.37. The molecule has 5 aromatic heterocycles. The monoisotopic (exact) mass is 467 g/mol. The molecule has 5 aromatic rings. The van der Waals surface area contributed by atoms with Gasteiger partial charge in [-0.3, -0.25) is 15.1 Å². The van der Waals surface area contributed by atoms with Gasteiger partial charge in [0.1, 0.15) is 22.5 Å². The van der Waals surface area contributed by atoms with Crippen LogP contribution in [-0.4, -0.2) is 72.3 Å². The Bertz CT molecular complexity index is 1530. The summed E-state index contributed by atoms with van der Waals surface area (Å²) in [6, 6.07) is 4.08. The van der Waals surface area contributed by atoms with Gasteiger partial charge in [-0.1, -0.05) is 0 Å². The lowest BCUT2D eigenvalue weighted by molar-refractivity contribution is 0.514. The van der Waals surface area contributed by atoms with Crippen LogP contribution in [0.15, 0.2) is 36.9 Å². The van der Waals surface area contributed by atoms with Gasteiger partial charge in [-0.2, -0.15) is 5.10 Å². The molecule has 2 saturated heterocycles. The Morgan fingerprint density at radius 2 is 1.66 bits per heavy atom. The van der Waals surface area contributed by atoms with Crippen molar-refractivity contribution in [1.82, 2.24) is 40.1 Å². The van der Waals surface area contributed by atoms with Crippen molar-refractivity contribution in [2.75, 3.05) is 36.0 Å². The minimum atomic E-state index is 0.192. The summed E-state index contributed by atoms with van der Waals surface area (Å²) in [5, 5.41) is 7.62. The lowest BCUT2D eigenvalue weighted by atomic mass is 10.1. The summed E-state index contributed by atoms with van der Waals surface area (Å²) in [4.78, 5) is 31.3. The molecule has 7 rings (SSSR count). The molecule has 0 atom stereocenters. The Morgan fingerprint density at radius 3 is 2.51 bits per heavy atom. The number of nitrogens with zero attached hydrogens (tertiary/aromatic N) is 8. The molecule has 0 amide bonds. The molecular weight excluding hydrogens is 442 g/mol. The smallest absolute Gasteiger partial charge is 0.161 e. The number of H-pyrrole nitrogens is 2. The number of aromatic amines is 2. The molecular formula is C24H25N11. The zero-order chi connectivity index (χ0) is 23.4. The van der Waals surface area contributed by atoms with Crippen molar-refractivity contribution in [2.45, 2.75) is 25.3 Å². The second kappa shape index (κ2) is 7.98. The molecule has 0 saturated carbocycles. The molecule has 0 aromatic carbocycles. The first-order valence-corrected chi connectivity index (χ1v) is 12.0. The highest BCUT2D eigenvalue weighted by Crippen LogP contribution is 2.31. The highest BCUT2D eigenvalue weighted by atomic mass is 15.3. The van der Waals surface area contributed by atoms with E-state index in [2.05, 4.69) is 34.9 Å². The van der Waals surface area contributed by atoms with Crippen LogP contribution in [0.4, 0.5) is 11.5 Å². The Hall–Kier alpha value is -4.12. The van der Waals surface area contributed by atoms with Crippen LogP contribution in [0.2, 0.25) is 0 Å². The van der Waals surface area contributed by atoms with E-state index in [-0.39, 0.29) is 6.04 Å². The molecule has 2 fully saturated rings. The van der Waals surface area contributed by atoms with E-state index in [0.717, 1.165) is 65.4 Å². The van der Waals surface area contributed by atoms with Gasteiger partial charge in [-0.15, -0.1) is 0 Å². The SMILES string of the molecule is NC1CN(c2cncc(-c3ccc4[nH]nc(-c5nc6c(N7CCCCC7)cncc6[nH]5)c4n3)n2)C1. The van der Waals surface area contributed by atoms with Gasteiger partial charge in [0.25, 0.3) is 0 Å². The largest absolute Gasteiger partial charge is 0.368 e. The average molecular weight is 468 g/mol. The fraction of sp³-hybridized carbons (Fsp3) is 0.333. The van der Waals surface area contributed by atoms with E-state index >= 15 is 0 Å². The van der Waals surface area contributed by atoms with Crippen molar-refractivity contribution >= 4 is 33.6 Å². The van der Waals surface area contributed by atoms with Crippen LogP contribution < -0.4 is 15.5 Å². The average Bonchev–Trinajstić information content (AvgIpc) is 3.51. The first-order chi connectivity index (χ1) is 17.2. The summed E-state index contributed by atoms with van der Waals surface area (Å²) in [7, 11) is 0. The Balaban J connectivity index is 1.28. The summed E-state index contributed by atoms with van der Waals surface area (Å²) >= 11 is 0. The fourth-order valence-electron chi connectivity index (χ4n) is 4.94. The first kappa shape index (κ1) is 20.3. The van der Waals surface area contributed by atoms with Crippen LogP contribution in [-0.2, 0) is 0 Å². The molecule has 0 spiro atoms. The third-order valence-corrected chi connectivity index (χ3v) is 6.82. The van der Waals surface area contributed by atoms with Crippen LogP contribution in [0.5, 0.6) is 0 Å². The van der Waals surface area contributed by atoms with E-state index in [0.29, 0.717) is 17.2 Å². The normalized spacial score (nSPS) is 16.8. The number of nitrogens with two attached hydrogens (primary N) is 1. The molecule has 2 aliphatic rings. The quantitative estimate of drug-likeness (QED) is 0.363. The zero-order valence-corrected chi connectivity index (χ0v) is 19.1. The van der Waals surface area contributed by atoms with E-state index < -0.39 is 0 Å². The lowest BCUT2D eigenvalue weighted by Crippen LogP contribution is -2.56. The maximum absolute atomic E-state index is 5.93. The minimum absolute atomic E-state index is 0.192. The minimum Gasteiger partial charge on any atom is -0.368 e. The number of hydrogen-bond acceptors (Lipinski definition) is 9. The Morgan fingerprint density at radius 1 is 0.800 bits per heavy atom. The first-order valence-electron chi connectivity index (χ1n) is 12.0. The van der Waals surface area contributed by atoms with Crippen LogP contribution in [0.1, 0.15) is 19.3 Å². The van der Waals surface area contributed by atoms with Crippen molar-refractivity contribution < 1.29 is 0 Å². The molecule has 11 heteroatoms. The van der Waals surface area contributed by atoms with Gasteiger partial charge in [0, 0.05) is 32.2 Å². The number of rotatable bonds is 4. The van der Waals surface area contributed by atoms with Crippen molar-refractivity contribution in [2.24, 2.45) is 5.73 Å². The molecule has 35 heavy (non-hydrogen) atoms. The molecule has 0 bridgehead atoms. The Kier molecular flexibility index (Phi) is 4.62. The van der Waals surface area contributed by atoms with Crippen molar-refractivity contribution in [3.05, 3.63) is 36.9 Å². The maximum Gasteiger partial charge on any atom is 0.161 e. The fourth-order valence-corrected chi connectivity index (χ4v) is 4.94. The van der Waals surface area contributed by atoms with E-state index in [9.17, 15) is 0 Å². The number of anilines is 2. The predicted molar refractivity (Wildman–Crippen MR) is 134 cm³/mol. The van der Waals surface area contributed by atoms with Gasteiger partial charge in [0.2, 0.25) is 0 Å². The number of imidazole rings is 1. The van der Waals surface area contributed by atoms with E-state index in [1.165, 1.54) is 19.3 Å². The number of piperidine rings is 1. The van der Waals surface area contributed by atoms with Crippen molar-refractivity contribution in [1.29, 1.82) is 0 Å². The number of hydrogen-bond donors (Lipinski definition) is 3. The standard InChI is InChI=1S/C24H25N11/c25-14-12-35(13-14)20-11-27-8-17(28-20)15-4-5-16-22(29-15)23(33-32-16)24-30-18-9-26-10-19(21(18)31-24)34-6-2-1-3-7-34/h4-5,8-11,14H,1-3,6-7,12-13,25H2,(H,30,31)(H,32,33). The summed E-state index contributed by atoms with van der Waals surface area (Å²) in [6.07, 6.45) is 10.9. The van der Waals surface area contributed by atoms with Crippen LogP contribution in [0.25, 0.3) is 45.0 Å². The van der Waals surface area contributed by atoms with Crippen LogP contribution >= 0.6 is 0 Å². The predicted octanol–water partition coefficient (Wildman–Crippen LogP) is 2.49. The van der Waals surface area contributed by atoms with Crippen LogP contribution in [0, 0.1) is 0 Å². The molecule has 11 nitrogen and oxygen atoms in total. The molecule has 4 N–H and O–H groups in total. The van der Waals surface area contributed by atoms with Gasteiger partial charge < -0.3 is 20.5 Å². The highest BCUT2D eigenvalue weighted by Gasteiger charge is 2.25. The van der Waals surface area contributed by atoms with Gasteiger partial charge >= 0.3 is 0 Å². The van der Waals surface area contributed by atoms with Gasteiger partial charge in [-0.05, 0) is 31.4 Å². The van der Waals surface area contributed by atoms with Gasteiger partial charge in [0.05, 0.1) is 47.2 Å². The summed E-state index contributed by atoms with van der Waals surface area (Å²) in [5.74, 6) is 1.48. The van der Waals surface area contributed by atoms with Crippen LogP contribution in [0.3, 0.4) is 0 Å². The zero-order valence-electron chi connectivity index (χ0n) is 19.1. The summed E-state index contributed by atoms with van der Waals surface area (Å²) in [6.45, 7) is 3.64. The number of nitrogens with one attached hydrogen (secondary N) is 2. The summed E-state index contributed by atoms with van der Waals surface area (Å²) < 4.78 is 0.